The molecule has 1 saturated carbocycles. The molecule has 356 valence electrons. The molecule has 0 radical (unpaired) electrons. The van der Waals surface area contributed by atoms with Crippen molar-refractivity contribution < 1.29 is 0 Å². The topological polar surface area (TPSA) is 22.6 Å². The van der Waals surface area contributed by atoms with Gasteiger partial charge in [-0.1, -0.05) is 157 Å². The molecule has 1 fully saturated rings. The van der Waals surface area contributed by atoms with Gasteiger partial charge in [0.25, 0.3) is 6.71 Å². The highest BCUT2D eigenvalue weighted by molar-refractivity contribution is 7.00. The van der Waals surface area contributed by atoms with E-state index in [0.717, 1.165) is 12.8 Å². The highest BCUT2D eigenvalue weighted by Crippen LogP contribution is 2.62. The van der Waals surface area contributed by atoms with E-state index in [2.05, 4.69) is 244 Å². The van der Waals surface area contributed by atoms with Crippen molar-refractivity contribution in [2.24, 2.45) is 0 Å². The van der Waals surface area contributed by atoms with Crippen LogP contribution in [0.25, 0.3) is 11.1 Å². The fourth-order valence-corrected chi connectivity index (χ4v) is 12.7. The number of aromatic nitrogens is 1. The van der Waals surface area contributed by atoms with E-state index in [9.17, 15) is 0 Å². The highest BCUT2D eigenvalue weighted by atomic mass is 15.3. The third-order valence-electron chi connectivity index (χ3n) is 17.1. The van der Waals surface area contributed by atoms with Crippen LogP contribution >= 0.6 is 0 Å². The first-order valence-corrected chi connectivity index (χ1v) is 26.1. The van der Waals surface area contributed by atoms with Crippen LogP contribution in [0.3, 0.4) is 0 Å². The minimum Gasteiger partial charge on any atom is -0.334 e. The zero-order chi connectivity index (χ0) is 49.5. The summed E-state index contributed by atoms with van der Waals surface area (Å²) in [7, 11) is 0. The van der Waals surface area contributed by atoms with Gasteiger partial charge < -0.3 is 14.7 Å². The zero-order valence-corrected chi connectivity index (χ0v) is 44.5. The maximum atomic E-state index is 4.38. The van der Waals surface area contributed by atoms with Crippen LogP contribution in [-0.2, 0) is 27.1 Å². The molecule has 4 nitrogen and oxygen atoms in total. The molecule has 2 unspecified atom stereocenters. The molecular formula is C65H73BN4. The monoisotopic (exact) mass is 921 g/mol. The number of hydrogen-bond donors (Lipinski definition) is 0. The van der Waals surface area contributed by atoms with E-state index < -0.39 is 0 Å². The van der Waals surface area contributed by atoms with Crippen LogP contribution in [0.2, 0.25) is 0 Å². The second kappa shape index (κ2) is 15.7. The van der Waals surface area contributed by atoms with Crippen molar-refractivity contribution in [3.8, 4) is 11.1 Å². The molecule has 1 aromatic heterocycles. The lowest BCUT2D eigenvalue weighted by atomic mass is 9.33. The lowest BCUT2D eigenvalue weighted by molar-refractivity contribution is 0.195. The summed E-state index contributed by atoms with van der Waals surface area (Å²) in [5, 5.41) is 0. The van der Waals surface area contributed by atoms with Crippen molar-refractivity contribution in [1.82, 2.24) is 4.98 Å². The predicted molar refractivity (Wildman–Crippen MR) is 301 cm³/mol. The average molecular weight is 921 g/mol. The minimum atomic E-state index is -0.170. The average Bonchev–Trinajstić information content (AvgIpc) is 3.52. The molecule has 7 aromatic rings. The summed E-state index contributed by atoms with van der Waals surface area (Å²) < 4.78 is 0. The van der Waals surface area contributed by atoms with Crippen LogP contribution in [0.15, 0.2) is 140 Å². The quantitative estimate of drug-likeness (QED) is 0.164. The van der Waals surface area contributed by atoms with E-state index >= 15 is 0 Å². The van der Waals surface area contributed by atoms with Crippen LogP contribution in [-0.4, -0.2) is 17.2 Å². The molecule has 0 spiro atoms. The van der Waals surface area contributed by atoms with Gasteiger partial charge in [-0.2, -0.15) is 0 Å². The van der Waals surface area contributed by atoms with Crippen molar-refractivity contribution in [1.29, 1.82) is 0 Å². The summed E-state index contributed by atoms with van der Waals surface area (Å²) in [6.07, 6.45) is 8.54. The minimum absolute atomic E-state index is 0.0144. The largest absolute Gasteiger partial charge is 0.334 e. The first-order valence-electron chi connectivity index (χ1n) is 26.1. The molecule has 6 aromatic carbocycles. The van der Waals surface area contributed by atoms with Gasteiger partial charge in [-0.25, -0.2) is 0 Å². The number of hydrogen-bond acceptors (Lipinski definition) is 4. The molecule has 0 saturated heterocycles. The summed E-state index contributed by atoms with van der Waals surface area (Å²) in [6, 6.07) is 50.5. The predicted octanol–water partition coefficient (Wildman–Crippen LogP) is 15.8. The van der Waals surface area contributed by atoms with Crippen LogP contribution in [0.1, 0.15) is 150 Å². The van der Waals surface area contributed by atoms with Crippen LogP contribution in [0.4, 0.5) is 45.5 Å². The van der Waals surface area contributed by atoms with Gasteiger partial charge in [-0.15, -0.1) is 0 Å². The van der Waals surface area contributed by atoms with E-state index in [1.807, 2.05) is 12.4 Å². The van der Waals surface area contributed by atoms with Crippen molar-refractivity contribution in [3.05, 3.63) is 168 Å². The molecule has 4 heterocycles. The zero-order valence-electron chi connectivity index (χ0n) is 44.5. The normalized spacial score (nSPS) is 19.6. The Morgan fingerprint density at radius 3 is 1.43 bits per heavy atom. The third-order valence-corrected chi connectivity index (χ3v) is 17.1. The summed E-state index contributed by atoms with van der Waals surface area (Å²) in [5.41, 5.74) is 23.0. The van der Waals surface area contributed by atoms with Gasteiger partial charge in [-0.3, -0.25) is 4.98 Å². The molecule has 0 N–H and O–H groups in total. The molecule has 5 heteroatoms. The second-order valence-corrected chi connectivity index (χ2v) is 25.8. The van der Waals surface area contributed by atoms with E-state index in [1.165, 1.54) is 114 Å². The first kappa shape index (κ1) is 46.3. The Kier molecular flexibility index (Phi) is 10.4. The Morgan fingerprint density at radius 2 is 0.929 bits per heavy atom. The van der Waals surface area contributed by atoms with Gasteiger partial charge >= 0.3 is 0 Å². The summed E-state index contributed by atoms with van der Waals surface area (Å²) in [5.74, 6) is 0. The standard InChI is InChI=1S/C65H73BN4/c1-60(2,3)44-19-17-21-48(36-44)68-55-38-46(62(7,8)9)24-26-52(55)66-53-27-25-47(63(10,11)12)39-56(53)69(49-22-18-20-45(37-49)61(4,5)6)58-41-50(40-57(68)59(58)66)70-54-28-23-43(42-29-33-67-34-30-42)35-51(54)64(13)31-15-16-32-65(64,70)14/h17-30,33-41H,15-16,31-32H2,1-14H3. The Bertz CT molecular complexity index is 3060. The molecule has 4 aliphatic rings. The van der Waals surface area contributed by atoms with Crippen molar-refractivity contribution >= 4 is 68.6 Å². The second-order valence-electron chi connectivity index (χ2n) is 25.8. The molecular weight excluding hydrogens is 848 g/mol. The number of fused-ring (bicyclic) bond motifs is 7. The number of rotatable bonds is 4. The molecule has 3 aliphatic heterocycles. The maximum Gasteiger partial charge on any atom is 0.252 e. The molecule has 70 heavy (non-hydrogen) atoms. The van der Waals surface area contributed by atoms with E-state index in [0.29, 0.717) is 0 Å². The van der Waals surface area contributed by atoms with Gasteiger partial charge in [0.15, 0.2) is 0 Å². The number of anilines is 8. The Hall–Kier alpha value is -6.07. The number of nitrogens with zero attached hydrogens (tertiary/aromatic N) is 4. The lowest BCUT2D eigenvalue weighted by Crippen LogP contribution is -2.61. The van der Waals surface area contributed by atoms with E-state index in [-0.39, 0.29) is 39.3 Å². The fraction of sp³-hybridized carbons (Fsp3) is 0.369. The van der Waals surface area contributed by atoms with E-state index in [1.54, 1.807) is 0 Å². The molecule has 0 bridgehead atoms. The van der Waals surface area contributed by atoms with Crippen molar-refractivity contribution in [2.45, 2.75) is 155 Å². The van der Waals surface area contributed by atoms with Gasteiger partial charge in [-0.05, 0) is 170 Å². The smallest absolute Gasteiger partial charge is 0.252 e. The fourth-order valence-electron chi connectivity index (χ4n) is 12.7. The lowest BCUT2D eigenvalue weighted by Gasteiger charge is -2.51. The number of benzene rings is 6. The molecule has 1 aliphatic carbocycles. The van der Waals surface area contributed by atoms with Crippen LogP contribution in [0.5, 0.6) is 0 Å². The van der Waals surface area contributed by atoms with Crippen molar-refractivity contribution in [3.63, 3.8) is 0 Å². The number of pyridine rings is 1. The Morgan fingerprint density at radius 1 is 0.443 bits per heavy atom. The SMILES string of the molecule is CC(C)(C)c1cccc(N2c3cc(C(C)(C)C)ccc3B3c4ccc(C(C)(C)C)cc4N(c4cccc(C(C)(C)C)c4)c4cc(N5c6ccc(-c7ccncc7)cc6C6(C)CCCCC56C)cc2c43)c1. The summed E-state index contributed by atoms with van der Waals surface area (Å²) in [6.45, 7) is 33.3. The third kappa shape index (κ3) is 7.18. The molecule has 2 atom stereocenters. The van der Waals surface area contributed by atoms with Crippen molar-refractivity contribution in [2.75, 3.05) is 14.7 Å². The summed E-state index contributed by atoms with van der Waals surface area (Å²) in [4.78, 5) is 12.5. The van der Waals surface area contributed by atoms with Gasteiger partial charge in [0.1, 0.15) is 0 Å². The highest BCUT2D eigenvalue weighted by Gasteiger charge is 2.58. The first-order chi connectivity index (χ1) is 33.0. The molecule has 0 amide bonds. The van der Waals surface area contributed by atoms with E-state index in [4.69, 9.17) is 0 Å². The van der Waals surface area contributed by atoms with Crippen LogP contribution < -0.4 is 31.1 Å². The van der Waals surface area contributed by atoms with Gasteiger partial charge in [0.05, 0.1) is 5.54 Å². The Labute approximate surface area is 420 Å². The van der Waals surface area contributed by atoms with Gasteiger partial charge in [0.2, 0.25) is 0 Å². The molecule has 11 rings (SSSR count). The van der Waals surface area contributed by atoms with Gasteiger partial charge in [0, 0.05) is 63.3 Å². The maximum absolute atomic E-state index is 4.38. The van der Waals surface area contributed by atoms with Crippen LogP contribution in [0, 0.1) is 0 Å². The summed E-state index contributed by atoms with van der Waals surface area (Å²) >= 11 is 0. The Balaban J connectivity index is 1.28.